The van der Waals surface area contributed by atoms with Gasteiger partial charge in [-0.15, -0.1) is 0 Å². The zero-order valence-corrected chi connectivity index (χ0v) is 11.2. The van der Waals surface area contributed by atoms with E-state index < -0.39 is 9.84 Å². The first-order valence-corrected chi connectivity index (χ1v) is 7.95. The van der Waals surface area contributed by atoms with Crippen molar-refractivity contribution >= 4 is 9.84 Å². The molecule has 2 rings (SSSR count). The molecule has 94 valence electrons. The summed E-state index contributed by atoms with van der Waals surface area (Å²) in [6, 6.07) is 5.58. The molecule has 17 heavy (non-hydrogen) atoms. The average Bonchev–Trinajstić information content (AvgIpc) is 2.48. The Hall–Kier alpha value is -0.870. The van der Waals surface area contributed by atoms with Gasteiger partial charge in [0.1, 0.15) is 0 Å². The van der Waals surface area contributed by atoms with Crippen LogP contribution in [0.4, 0.5) is 0 Å². The van der Waals surface area contributed by atoms with Crippen molar-refractivity contribution in [3.8, 4) is 0 Å². The average molecular weight is 253 g/mol. The highest BCUT2D eigenvalue weighted by atomic mass is 32.2. The molecule has 4 heteroatoms. The van der Waals surface area contributed by atoms with Gasteiger partial charge in [-0.1, -0.05) is 13.0 Å². The normalized spacial score (nSPS) is 20.7. The van der Waals surface area contributed by atoms with E-state index in [4.69, 9.17) is 0 Å². The molecule has 0 saturated heterocycles. The Morgan fingerprint density at radius 3 is 2.82 bits per heavy atom. The van der Waals surface area contributed by atoms with Gasteiger partial charge in [0.2, 0.25) is 0 Å². The van der Waals surface area contributed by atoms with Gasteiger partial charge in [-0.3, -0.25) is 0 Å². The highest BCUT2D eigenvalue weighted by Crippen LogP contribution is 2.27. The number of hydrogen-bond acceptors (Lipinski definition) is 3. The molecule has 1 heterocycles. The fraction of sp³-hybridized carbons (Fsp3) is 0.538. The lowest BCUT2D eigenvalue weighted by Crippen LogP contribution is -2.19. The van der Waals surface area contributed by atoms with E-state index in [9.17, 15) is 8.42 Å². The van der Waals surface area contributed by atoms with E-state index >= 15 is 0 Å². The molecule has 1 atom stereocenters. The Labute approximate surface area is 103 Å². The predicted octanol–water partition coefficient (Wildman–Crippen LogP) is 1.73. The molecular weight excluding hydrogens is 234 g/mol. The maximum Gasteiger partial charge on any atom is 0.175 e. The SMILES string of the molecule is CCC1CNCCc2cc(S(C)(=O)=O)ccc21. The lowest BCUT2D eigenvalue weighted by Gasteiger charge is -2.16. The van der Waals surface area contributed by atoms with Crippen LogP contribution in [0.25, 0.3) is 0 Å². The van der Waals surface area contributed by atoms with Gasteiger partial charge in [0, 0.05) is 12.8 Å². The van der Waals surface area contributed by atoms with E-state index in [0.29, 0.717) is 10.8 Å². The summed E-state index contributed by atoms with van der Waals surface area (Å²) in [6.45, 7) is 4.09. The van der Waals surface area contributed by atoms with E-state index in [1.807, 2.05) is 12.1 Å². The van der Waals surface area contributed by atoms with Gasteiger partial charge in [0.05, 0.1) is 4.90 Å². The van der Waals surface area contributed by atoms with Crippen LogP contribution in [0.15, 0.2) is 23.1 Å². The quantitative estimate of drug-likeness (QED) is 0.873. The standard InChI is InChI=1S/C13H19NO2S/c1-3-10-9-14-7-6-11-8-12(17(2,15)16)4-5-13(10)11/h4-5,8,10,14H,3,6-7,9H2,1-2H3. The Morgan fingerprint density at radius 2 is 2.18 bits per heavy atom. The van der Waals surface area contributed by atoms with Crippen molar-refractivity contribution in [3.63, 3.8) is 0 Å². The van der Waals surface area contributed by atoms with Crippen LogP contribution in [0.3, 0.4) is 0 Å². The molecular formula is C13H19NO2S. The minimum Gasteiger partial charge on any atom is -0.316 e. The van der Waals surface area contributed by atoms with E-state index in [1.54, 1.807) is 6.07 Å². The van der Waals surface area contributed by atoms with Crippen LogP contribution in [-0.4, -0.2) is 27.8 Å². The van der Waals surface area contributed by atoms with Crippen LogP contribution >= 0.6 is 0 Å². The highest BCUT2D eigenvalue weighted by Gasteiger charge is 2.18. The predicted molar refractivity (Wildman–Crippen MR) is 69.2 cm³/mol. The summed E-state index contributed by atoms with van der Waals surface area (Å²) in [5, 5.41) is 3.40. The summed E-state index contributed by atoms with van der Waals surface area (Å²) in [4.78, 5) is 0.438. The fourth-order valence-electron chi connectivity index (χ4n) is 2.40. The molecule has 1 aromatic rings. The molecule has 0 radical (unpaired) electrons. The van der Waals surface area contributed by atoms with Gasteiger partial charge in [0.25, 0.3) is 0 Å². The van der Waals surface area contributed by atoms with E-state index in [2.05, 4.69) is 12.2 Å². The van der Waals surface area contributed by atoms with E-state index in [-0.39, 0.29) is 0 Å². The van der Waals surface area contributed by atoms with Crippen LogP contribution in [0, 0.1) is 0 Å². The molecule has 1 aliphatic heterocycles. The molecule has 0 aliphatic carbocycles. The van der Waals surface area contributed by atoms with E-state index in [1.165, 1.54) is 17.4 Å². The third-order valence-corrected chi connectivity index (χ3v) is 4.55. The number of sulfone groups is 1. The Bertz CT molecular complexity index is 508. The van der Waals surface area contributed by atoms with Crippen molar-refractivity contribution in [1.82, 2.24) is 5.32 Å². The van der Waals surface area contributed by atoms with Gasteiger partial charge in [-0.05, 0) is 48.6 Å². The smallest absolute Gasteiger partial charge is 0.175 e. The second-order valence-electron chi connectivity index (χ2n) is 4.69. The van der Waals surface area contributed by atoms with Crippen LogP contribution in [-0.2, 0) is 16.3 Å². The Kier molecular flexibility index (Phi) is 3.54. The van der Waals surface area contributed by atoms with Crippen LogP contribution < -0.4 is 5.32 Å². The summed E-state index contributed by atoms with van der Waals surface area (Å²) in [6.07, 6.45) is 3.26. The molecule has 0 fully saturated rings. The number of hydrogen-bond donors (Lipinski definition) is 1. The maximum atomic E-state index is 11.5. The number of benzene rings is 1. The monoisotopic (exact) mass is 253 g/mol. The van der Waals surface area contributed by atoms with E-state index in [0.717, 1.165) is 25.9 Å². The van der Waals surface area contributed by atoms with Gasteiger partial charge in [0.15, 0.2) is 9.84 Å². The third-order valence-electron chi connectivity index (χ3n) is 3.44. The first kappa shape index (κ1) is 12.6. The molecule has 1 N–H and O–H groups in total. The topological polar surface area (TPSA) is 46.2 Å². The first-order chi connectivity index (χ1) is 8.02. The zero-order chi connectivity index (χ0) is 12.5. The minimum atomic E-state index is -3.09. The van der Waals surface area contributed by atoms with Gasteiger partial charge in [-0.25, -0.2) is 8.42 Å². The maximum absolute atomic E-state index is 11.5. The molecule has 0 amide bonds. The Morgan fingerprint density at radius 1 is 1.41 bits per heavy atom. The lowest BCUT2D eigenvalue weighted by atomic mass is 9.92. The van der Waals surface area contributed by atoms with Crippen molar-refractivity contribution in [2.24, 2.45) is 0 Å². The van der Waals surface area contributed by atoms with Crippen molar-refractivity contribution in [3.05, 3.63) is 29.3 Å². The van der Waals surface area contributed by atoms with Crippen LogP contribution in [0.2, 0.25) is 0 Å². The zero-order valence-electron chi connectivity index (χ0n) is 10.4. The molecule has 0 spiro atoms. The second-order valence-corrected chi connectivity index (χ2v) is 6.71. The fourth-order valence-corrected chi connectivity index (χ4v) is 3.07. The highest BCUT2D eigenvalue weighted by molar-refractivity contribution is 7.90. The summed E-state index contributed by atoms with van der Waals surface area (Å²) >= 11 is 0. The number of fused-ring (bicyclic) bond motifs is 1. The molecule has 0 saturated carbocycles. The number of rotatable bonds is 2. The van der Waals surface area contributed by atoms with Crippen molar-refractivity contribution in [1.29, 1.82) is 0 Å². The van der Waals surface area contributed by atoms with Gasteiger partial charge in [-0.2, -0.15) is 0 Å². The lowest BCUT2D eigenvalue weighted by molar-refractivity contribution is 0.594. The summed E-state index contributed by atoms with van der Waals surface area (Å²) in [7, 11) is -3.09. The van der Waals surface area contributed by atoms with Crippen molar-refractivity contribution < 1.29 is 8.42 Å². The molecule has 3 nitrogen and oxygen atoms in total. The molecule has 1 aromatic carbocycles. The third kappa shape index (κ3) is 2.69. The second kappa shape index (κ2) is 4.78. The molecule has 0 aromatic heterocycles. The van der Waals surface area contributed by atoms with Crippen molar-refractivity contribution in [2.45, 2.75) is 30.6 Å². The summed E-state index contributed by atoms with van der Waals surface area (Å²) < 4.78 is 23.1. The summed E-state index contributed by atoms with van der Waals surface area (Å²) in [5.74, 6) is 0.501. The van der Waals surface area contributed by atoms with Crippen molar-refractivity contribution in [2.75, 3.05) is 19.3 Å². The Balaban J connectivity index is 2.48. The van der Waals surface area contributed by atoms with Gasteiger partial charge >= 0.3 is 0 Å². The summed E-state index contributed by atoms with van der Waals surface area (Å²) in [5.41, 5.74) is 2.50. The molecule has 1 unspecified atom stereocenters. The van der Waals surface area contributed by atoms with Crippen LogP contribution in [0.1, 0.15) is 30.4 Å². The molecule has 0 bridgehead atoms. The van der Waals surface area contributed by atoms with Crippen LogP contribution in [0.5, 0.6) is 0 Å². The van der Waals surface area contributed by atoms with Gasteiger partial charge < -0.3 is 5.32 Å². The largest absolute Gasteiger partial charge is 0.316 e. The first-order valence-electron chi connectivity index (χ1n) is 6.06. The minimum absolute atomic E-state index is 0.438. The number of nitrogens with one attached hydrogen (secondary N) is 1. The molecule has 1 aliphatic rings.